The lowest BCUT2D eigenvalue weighted by Crippen LogP contribution is -2.56. The van der Waals surface area contributed by atoms with Crippen molar-refractivity contribution in [3.05, 3.63) is 0 Å². The summed E-state index contributed by atoms with van der Waals surface area (Å²) in [7, 11) is 0. The second kappa shape index (κ2) is 5.50. The summed E-state index contributed by atoms with van der Waals surface area (Å²) in [6.45, 7) is 15.5. The van der Waals surface area contributed by atoms with Crippen molar-refractivity contribution < 1.29 is 0 Å². The molecule has 1 aliphatic carbocycles. The minimum absolute atomic E-state index is 0.398. The third-order valence-corrected chi connectivity index (χ3v) is 4.65. The fourth-order valence-electron chi connectivity index (χ4n) is 3.45. The van der Waals surface area contributed by atoms with Crippen LogP contribution >= 0.6 is 0 Å². The fourth-order valence-corrected chi connectivity index (χ4v) is 3.45. The molecule has 0 aromatic carbocycles. The molecule has 2 nitrogen and oxygen atoms in total. The largest absolute Gasteiger partial charge is 0.312 e. The molecule has 1 saturated carbocycles. The SMILES string of the molecule is CC1CC(NCC(C)(C)C)CN(C2CCC2C)C1. The van der Waals surface area contributed by atoms with Crippen LogP contribution in [-0.4, -0.2) is 36.6 Å². The van der Waals surface area contributed by atoms with Crippen LogP contribution in [0.2, 0.25) is 0 Å². The molecule has 0 amide bonds. The van der Waals surface area contributed by atoms with Gasteiger partial charge in [0.25, 0.3) is 0 Å². The zero-order valence-electron chi connectivity index (χ0n) is 13.0. The van der Waals surface area contributed by atoms with Gasteiger partial charge in [0, 0.05) is 31.7 Å². The van der Waals surface area contributed by atoms with Crippen LogP contribution in [0.15, 0.2) is 0 Å². The molecule has 0 spiro atoms. The monoisotopic (exact) mass is 252 g/mol. The molecule has 0 radical (unpaired) electrons. The summed E-state index contributed by atoms with van der Waals surface area (Å²) in [5.41, 5.74) is 0.398. The normalized spacial score (nSPS) is 38.5. The second-order valence-electron chi connectivity index (χ2n) is 8.06. The van der Waals surface area contributed by atoms with E-state index in [0.29, 0.717) is 11.5 Å². The predicted octanol–water partition coefficient (Wildman–Crippen LogP) is 3.13. The fraction of sp³-hybridized carbons (Fsp3) is 1.00. The topological polar surface area (TPSA) is 15.3 Å². The van der Waals surface area contributed by atoms with E-state index in [1.54, 1.807) is 0 Å². The molecule has 2 aliphatic rings. The zero-order valence-corrected chi connectivity index (χ0v) is 13.0. The van der Waals surface area contributed by atoms with E-state index < -0.39 is 0 Å². The first-order valence-corrected chi connectivity index (χ1v) is 7.82. The lowest BCUT2D eigenvalue weighted by molar-refractivity contribution is 0.0251. The molecular formula is C16H32N2. The molecule has 1 aliphatic heterocycles. The van der Waals surface area contributed by atoms with Gasteiger partial charge in [-0.25, -0.2) is 0 Å². The number of nitrogens with one attached hydrogen (secondary N) is 1. The van der Waals surface area contributed by atoms with Gasteiger partial charge in [0.05, 0.1) is 0 Å². The van der Waals surface area contributed by atoms with Crippen molar-refractivity contribution in [2.45, 2.75) is 66.0 Å². The first kappa shape index (κ1) is 14.3. The second-order valence-corrected chi connectivity index (χ2v) is 8.06. The van der Waals surface area contributed by atoms with Gasteiger partial charge >= 0.3 is 0 Å². The van der Waals surface area contributed by atoms with E-state index in [2.05, 4.69) is 44.8 Å². The van der Waals surface area contributed by atoms with E-state index in [4.69, 9.17) is 0 Å². The van der Waals surface area contributed by atoms with Gasteiger partial charge in [0.1, 0.15) is 0 Å². The van der Waals surface area contributed by atoms with E-state index >= 15 is 0 Å². The van der Waals surface area contributed by atoms with Crippen LogP contribution < -0.4 is 5.32 Å². The summed E-state index contributed by atoms with van der Waals surface area (Å²) in [4.78, 5) is 2.77. The average Bonchev–Trinajstić information content (AvgIpc) is 2.23. The molecule has 4 unspecified atom stereocenters. The summed E-state index contributed by atoms with van der Waals surface area (Å²) in [5, 5.41) is 3.80. The molecule has 0 bridgehead atoms. The first-order chi connectivity index (χ1) is 8.35. The molecular weight excluding hydrogens is 220 g/mol. The Morgan fingerprint density at radius 3 is 2.33 bits per heavy atom. The van der Waals surface area contributed by atoms with Gasteiger partial charge in [0.15, 0.2) is 0 Å². The minimum Gasteiger partial charge on any atom is -0.312 e. The zero-order chi connectivity index (χ0) is 13.3. The van der Waals surface area contributed by atoms with E-state index in [-0.39, 0.29) is 0 Å². The highest BCUT2D eigenvalue weighted by Gasteiger charge is 2.36. The molecule has 2 rings (SSSR count). The molecule has 106 valence electrons. The molecule has 2 heteroatoms. The highest BCUT2D eigenvalue weighted by atomic mass is 15.2. The van der Waals surface area contributed by atoms with Crippen LogP contribution in [0.1, 0.15) is 53.9 Å². The van der Waals surface area contributed by atoms with E-state index in [0.717, 1.165) is 24.4 Å². The van der Waals surface area contributed by atoms with Crippen LogP contribution in [0.25, 0.3) is 0 Å². The number of rotatable bonds is 3. The summed E-state index contributed by atoms with van der Waals surface area (Å²) in [6.07, 6.45) is 4.23. The summed E-state index contributed by atoms with van der Waals surface area (Å²) >= 11 is 0. The molecule has 2 fully saturated rings. The lowest BCUT2D eigenvalue weighted by Gasteiger charge is -2.48. The van der Waals surface area contributed by atoms with Crippen molar-refractivity contribution in [1.29, 1.82) is 0 Å². The quantitative estimate of drug-likeness (QED) is 0.830. The van der Waals surface area contributed by atoms with Crippen molar-refractivity contribution in [3.8, 4) is 0 Å². The minimum atomic E-state index is 0.398. The summed E-state index contributed by atoms with van der Waals surface area (Å²) < 4.78 is 0. The Labute approximate surface area is 114 Å². The Morgan fingerprint density at radius 2 is 1.83 bits per heavy atom. The van der Waals surface area contributed by atoms with Crippen LogP contribution in [0.5, 0.6) is 0 Å². The van der Waals surface area contributed by atoms with Crippen molar-refractivity contribution in [1.82, 2.24) is 10.2 Å². The predicted molar refractivity (Wildman–Crippen MR) is 78.8 cm³/mol. The van der Waals surface area contributed by atoms with Crippen molar-refractivity contribution in [3.63, 3.8) is 0 Å². The third kappa shape index (κ3) is 3.71. The standard InChI is InChI=1S/C16H32N2/c1-12-8-14(17-11-16(3,4)5)10-18(9-12)15-7-6-13(15)2/h12-15,17H,6-11H2,1-5H3. The Hall–Kier alpha value is -0.0800. The van der Waals surface area contributed by atoms with Crippen LogP contribution in [0, 0.1) is 17.3 Å². The molecule has 4 atom stereocenters. The third-order valence-electron chi connectivity index (χ3n) is 4.65. The van der Waals surface area contributed by atoms with Gasteiger partial charge in [-0.2, -0.15) is 0 Å². The van der Waals surface area contributed by atoms with Crippen molar-refractivity contribution >= 4 is 0 Å². The summed E-state index contributed by atoms with van der Waals surface area (Å²) in [6, 6.07) is 1.59. The number of hydrogen-bond acceptors (Lipinski definition) is 2. The molecule has 0 aromatic heterocycles. The maximum Gasteiger partial charge on any atom is 0.0198 e. The number of nitrogens with zero attached hydrogens (tertiary/aromatic N) is 1. The van der Waals surface area contributed by atoms with Crippen LogP contribution in [0.3, 0.4) is 0 Å². The van der Waals surface area contributed by atoms with Gasteiger partial charge in [0.2, 0.25) is 0 Å². The van der Waals surface area contributed by atoms with Crippen LogP contribution in [-0.2, 0) is 0 Å². The smallest absolute Gasteiger partial charge is 0.0198 e. The average molecular weight is 252 g/mol. The maximum absolute atomic E-state index is 3.80. The van der Waals surface area contributed by atoms with Gasteiger partial charge in [-0.15, -0.1) is 0 Å². The lowest BCUT2D eigenvalue weighted by atomic mass is 9.78. The number of likely N-dealkylation sites (tertiary alicyclic amines) is 1. The summed E-state index contributed by atoms with van der Waals surface area (Å²) in [5.74, 6) is 1.78. The van der Waals surface area contributed by atoms with Gasteiger partial charge < -0.3 is 5.32 Å². The Balaban J connectivity index is 1.84. The first-order valence-electron chi connectivity index (χ1n) is 7.82. The number of piperidine rings is 1. The van der Waals surface area contributed by atoms with Gasteiger partial charge in [-0.05, 0) is 36.5 Å². The molecule has 1 saturated heterocycles. The van der Waals surface area contributed by atoms with Crippen molar-refractivity contribution in [2.75, 3.05) is 19.6 Å². The highest BCUT2D eigenvalue weighted by molar-refractivity contribution is 4.92. The van der Waals surface area contributed by atoms with E-state index in [1.807, 2.05) is 0 Å². The van der Waals surface area contributed by atoms with Gasteiger partial charge in [-0.1, -0.05) is 34.6 Å². The molecule has 1 N–H and O–H groups in total. The molecule has 0 aromatic rings. The van der Waals surface area contributed by atoms with Crippen LogP contribution in [0.4, 0.5) is 0 Å². The number of hydrogen-bond donors (Lipinski definition) is 1. The Bertz CT molecular complexity index is 269. The van der Waals surface area contributed by atoms with Gasteiger partial charge in [-0.3, -0.25) is 4.90 Å². The van der Waals surface area contributed by atoms with E-state index in [1.165, 1.54) is 32.4 Å². The van der Waals surface area contributed by atoms with Crippen molar-refractivity contribution in [2.24, 2.45) is 17.3 Å². The van der Waals surface area contributed by atoms with E-state index in [9.17, 15) is 0 Å². The Morgan fingerprint density at radius 1 is 1.11 bits per heavy atom. The maximum atomic E-state index is 3.80. The molecule has 18 heavy (non-hydrogen) atoms. The molecule has 1 heterocycles. The Kier molecular flexibility index (Phi) is 4.38. The highest BCUT2D eigenvalue weighted by Crippen LogP contribution is 2.34.